The Bertz CT molecular complexity index is 1010. The van der Waals surface area contributed by atoms with Crippen LogP contribution in [-0.4, -0.2) is 25.1 Å². The van der Waals surface area contributed by atoms with Crippen LogP contribution in [0, 0.1) is 18.3 Å². The van der Waals surface area contributed by atoms with Crippen LogP contribution in [0.5, 0.6) is 11.6 Å². The molecule has 1 aromatic heterocycles. The van der Waals surface area contributed by atoms with Crippen molar-refractivity contribution in [1.29, 1.82) is 5.26 Å². The van der Waals surface area contributed by atoms with E-state index in [1.165, 1.54) is 14.2 Å². The number of benzene rings is 1. The lowest BCUT2D eigenvalue weighted by atomic mass is 9.79. The predicted octanol–water partition coefficient (Wildman–Crippen LogP) is 2.60. The minimum Gasteiger partial charge on any atom is -0.496 e. The van der Waals surface area contributed by atoms with E-state index in [1.807, 2.05) is 6.92 Å². The zero-order chi connectivity index (χ0) is 19.7. The molecule has 0 saturated carbocycles. The molecule has 1 aliphatic heterocycles. The Morgan fingerprint density at radius 2 is 2.04 bits per heavy atom. The highest BCUT2D eigenvalue weighted by atomic mass is 16.5. The van der Waals surface area contributed by atoms with Crippen molar-refractivity contribution in [2.45, 2.75) is 19.8 Å². The van der Waals surface area contributed by atoms with Crippen molar-refractivity contribution >= 4 is 11.6 Å². The molecule has 1 atom stereocenters. The van der Waals surface area contributed by atoms with Gasteiger partial charge in [-0.2, -0.15) is 5.26 Å². The fraction of sp³-hybridized carbons (Fsp3) is 0.250. The van der Waals surface area contributed by atoms with E-state index in [9.17, 15) is 10.1 Å². The van der Waals surface area contributed by atoms with Crippen LogP contribution in [0.4, 0.5) is 5.69 Å². The summed E-state index contributed by atoms with van der Waals surface area (Å²) >= 11 is 0. The first-order valence-electron chi connectivity index (χ1n) is 8.32. The van der Waals surface area contributed by atoms with Gasteiger partial charge in [0.25, 0.3) is 0 Å². The van der Waals surface area contributed by atoms with Gasteiger partial charge in [0.15, 0.2) is 0 Å². The van der Waals surface area contributed by atoms with E-state index in [4.69, 9.17) is 15.2 Å². The fourth-order valence-corrected chi connectivity index (χ4v) is 3.48. The Morgan fingerprint density at radius 1 is 1.30 bits per heavy atom. The number of hydrogen-bond donors (Lipinski definition) is 2. The second kappa shape index (κ2) is 7.00. The predicted molar refractivity (Wildman–Crippen MR) is 101 cm³/mol. The summed E-state index contributed by atoms with van der Waals surface area (Å²) in [4.78, 5) is 16.7. The number of anilines is 1. The molecule has 1 aromatic carbocycles. The number of carbonyl (C=O) groups is 1. The van der Waals surface area contributed by atoms with Crippen molar-refractivity contribution in [2.75, 3.05) is 19.5 Å². The summed E-state index contributed by atoms with van der Waals surface area (Å²) in [7, 11) is 3.05. The Kier molecular flexibility index (Phi) is 4.74. The summed E-state index contributed by atoms with van der Waals surface area (Å²) in [5, 5.41) is 12.4. The molecule has 1 amide bonds. The number of aromatic nitrogens is 1. The van der Waals surface area contributed by atoms with Crippen LogP contribution in [0.25, 0.3) is 0 Å². The highest BCUT2D eigenvalue weighted by molar-refractivity contribution is 5.98. The number of ether oxygens (including phenoxy) is 2. The minimum atomic E-state index is -0.550. The zero-order valence-electron chi connectivity index (χ0n) is 15.6. The third-order valence-corrected chi connectivity index (χ3v) is 4.70. The molecular weight excluding hydrogens is 344 g/mol. The number of pyridine rings is 1. The summed E-state index contributed by atoms with van der Waals surface area (Å²) in [5.74, 6) is -0.206. The van der Waals surface area contributed by atoms with Crippen LogP contribution >= 0.6 is 0 Å². The Hall–Kier alpha value is -3.53. The molecule has 2 heterocycles. The van der Waals surface area contributed by atoms with E-state index in [2.05, 4.69) is 16.4 Å². The number of fused-ring (bicyclic) bond motifs is 1. The number of hydrogen-bond acceptors (Lipinski definition) is 6. The largest absolute Gasteiger partial charge is 0.496 e. The molecular formula is C20H20N4O3. The number of allylic oxidation sites excluding steroid dienone is 1. The normalized spacial score (nSPS) is 15.4. The molecule has 0 saturated heterocycles. The van der Waals surface area contributed by atoms with Crippen LogP contribution in [0.15, 0.2) is 35.7 Å². The van der Waals surface area contributed by atoms with Crippen LogP contribution in [-0.2, 0) is 4.79 Å². The maximum Gasteiger partial charge on any atom is 0.247 e. The first kappa shape index (κ1) is 18.3. The number of carbonyl (C=O) groups excluding carboxylic acids is 1. The van der Waals surface area contributed by atoms with E-state index in [-0.39, 0.29) is 0 Å². The molecule has 2 aromatic rings. The average molecular weight is 364 g/mol. The fourth-order valence-electron chi connectivity index (χ4n) is 3.48. The van der Waals surface area contributed by atoms with Crippen molar-refractivity contribution in [1.82, 2.24) is 4.98 Å². The van der Waals surface area contributed by atoms with Crippen LogP contribution in [0.1, 0.15) is 35.1 Å². The number of primary amides is 1. The van der Waals surface area contributed by atoms with Crippen molar-refractivity contribution in [3.05, 3.63) is 57.9 Å². The summed E-state index contributed by atoms with van der Waals surface area (Å²) in [5.41, 5.74) is 10.4. The third-order valence-electron chi connectivity index (χ3n) is 4.70. The molecule has 0 spiro atoms. The van der Waals surface area contributed by atoms with Crippen molar-refractivity contribution in [3.63, 3.8) is 0 Å². The third kappa shape index (κ3) is 2.95. The summed E-state index contributed by atoms with van der Waals surface area (Å²) in [6.07, 6.45) is 1.71. The number of nitrogens with one attached hydrogen (secondary N) is 1. The molecule has 138 valence electrons. The van der Waals surface area contributed by atoms with Crippen LogP contribution in [0.3, 0.4) is 0 Å². The van der Waals surface area contributed by atoms with Gasteiger partial charge in [-0.1, -0.05) is 6.07 Å². The van der Waals surface area contributed by atoms with Crippen molar-refractivity contribution < 1.29 is 14.3 Å². The zero-order valence-corrected chi connectivity index (χ0v) is 15.6. The summed E-state index contributed by atoms with van der Waals surface area (Å²) < 4.78 is 11.0. The van der Waals surface area contributed by atoms with Gasteiger partial charge in [0.1, 0.15) is 5.75 Å². The molecule has 3 N–H and O–H groups in total. The average Bonchev–Trinajstić information content (AvgIpc) is 2.67. The van der Waals surface area contributed by atoms with Gasteiger partial charge in [0.2, 0.25) is 11.8 Å². The summed E-state index contributed by atoms with van der Waals surface area (Å²) in [6.45, 7) is 3.73. The van der Waals surface area contributed by atoms with E-state index in [1.54, 1.807) is 31.3 Å². The van der Waals surface area contributed by atoms with Gasteiger partial charge in [-0.15, -0.1) is 0 Å². The van der Waals surface area contributed by atoms with Gasteiger partial charge < -0.3 is 20.5 Å². The molecule has 3 rings (SSSR count). The molecule has 0 bridgehead atoms. The number of methoxy groups -OCH3 is 2. The maximum atomic E-state index is 12.3. The van der Waals surface area contributed by atoms with Gasteiger partial charge >= 0.3 is 0 Å². The first-order valence-corrected chi connectivity index (χ1v) is 8.32. The Morgan fingerprint density at radius 3 is 2.63 bits per heavy atom. The topological polar surface area (TPSA) is 110 Å². The van der Waals surface area contributed by atoms with Gasteiger partial charge in [-0.25, -0.2) is 4.98 Å². The quantitative estimate of drug-likeness (QED) is 0.863. The lowest BCUT2D eigenvalue weighted by Gasteiger charge is -2.32. The number of rotatable bonds is 4. The Labute approximate surface area is 157 Å². The number of nitrogens with two attached hydrogens (primary N) is 1. The molecule has 7 heteroatoms. The number of amides is 1. The van der Waals surface area contributed by atoms with Gasteiger partial charge in [0, 0.05) is 23.0 Å². The van der Waals surface area contributed by atoms with Crippen LogP contribution < -0.4 is 20.5 Å². The van der Waals surface area contributed by atoms with Gasteiger partial charge in [0.05, 0.1) is 43.0 Å². The second-order valence-corrected chi connectivity index (χ2v) is 6.27. The monoisotopic (exact) mass is 364 g/mol. The second-order valence-electron chi connectivity index (χ2n) is 6.27. The van der Waals surface area contributed by atoms with Crippen molar-refractivity contribution in [2.24, 2.45) is 5.73 Å². The van der Waals surface area contributed by atoms with E-state index in [0.717, 1.165) is 11.3 Å². The van der Waals surface area contributed by atoms with E-state index in [0.29, 0.717) is 39.6 Å². The molecule has 27 heavy (non-hydrogen) atoms. The highest BCUT2D eigenvalue weighted by Gasteiger charge is 2.36. The molecule has 0 radical (unpaired) electrons. The molecule has 1 aliphatic rings. The lowest BCUT2D eigenvalue weighted by Crippen LogP contribution is -2.28. The first-order chi connectivity index (χ1) is 12.9. The van der Waals surface area contributed by atoms with Crippen LogP contribution in [0.2, 0.25) is 0 Å². The number of aryl methyl sites for hydroxylation is 1. The van der Waals surface area contributed by atoms with Crippen molar-refractivity contribution in [3.8, 4) is 17.7 Å². The summed E-state index contributed by atoms with van der Waals surface area (Å²) in [6, 6.07) is 7.19. The highest BCUT2D eigenvalue weighted by Crippen LogP contribution is 2.48. The van der Waals surface area contributed by atoms with Gasteiger partial charge in [-0.3, -0.25) is 4.79 Å². The maximum absolute atomic E-state index is 12.3. The smallest absolute Gasteiger partial charge is 0.247 e. The molecule has 0 aliphatic carbocycles. The van der Waals surface area contributed by atoms with E-state index >= 15 is 0 Å². The van der Waals surface area contributed by atoms with E-state index < -0.39 is 11.8 Å². The number of nitriles is 1. The molecule has 1 unspecified atom stereocenters. The molecule has 7 nitrogen and oxygen atoms in total. The minimum absolute atomic E-state index is 0.394. The lowest BCUT2D eigenvalue weighted by molar-refractivity contribution is -0.114. The Balaban J connectivity index is 2.38. The van der Waals surface area contributed by atoms with Gasteiger partial charge in [-0.05, 0) is 31.5 Å². The SMILES string of the molecule is COc1cc(C#N)ccc1C1C(C(N)=O)=C(C)Nc2c(C)cnc(OC)c21. The standard InChI is InChI=1S/C20H20N4O3/c1-10-9-23-20(27-4)17-16(15(19(22)25)11(2)24-18(10)17)13-6-5-12(8-21)7-14(13)26-3/h5-7,9,16,24H,1-4H3,(H2,22,25). The number of nitrogens with zero attached hydrogens (tertiary/aromatic N) is 2. The molecule has 0 fully saturated rings.